The fraction of sp³-hybridized carbons (Fsp3) is 0.390. The molecule has 0 amide bonds. The second-order valence-electron chi connectivity index (χ2n) is 13.7. The zero-order chi connectivity index (χ0) is 36.0. The van der Waals surface area contributed by atoms with Crippen molar-refractivity contribution < 1.29 is 23.9 Å². The van der Waals surface area contributed by atoms with Crippen LogP contribution >= 0.6 is 0 Å². The molecule has 0 spiro atoms. The van der Waals surface area contributed by atoms with Gasteiger partial charge in [0.05, 0.1) is 12.8 Å². The number of methoxy groups -OCH3 is 1. The summed E-state index contributed by atoms with van der Waals surface area (Å²) in [5.74, 6) is -2.62. The summed E-state index contributed by atoms with van der Waals surface area (Å²) >= 11 is 0. The van der Waals surface area contributed by atoms with Gasteiger partial charge in [0.15, 0.2) is 5.78 Å². The fourth-order valence-electron chi connectivity index (χ4n) is 7.77. The lowest BCUT2D eigenvalue weighted by atomic mass is 9.85. The minimum absolute atomic E-state index is 0.0787. The number of H-pyrrole nitrogens is 3. The third kappa shape index (κ3) is 5.82. The summed E-state index contributed by atoms with van der Waals surface area (Å²) in [5, 5.41) is 5.61. The summed E-state index contributed by atoms with van der Waals surface area (Å²) in [7, 11) is 1.31. The minimum atomic E-state index is -1.13. The van der Waals surface area contributed by atoms with Crippen molar-refractivity contribution in [3.05, 3.63) is 96.5 Å². The summed E-state index contributed by atoms with van der Waals surface area (Å²) in [5.41, 5.74) is 12.3. The summed E-state index contributed by atoms with van der Waals surface area (Å²) in [4.78, 5) is 51.5. The van der Waals surface area contributed by atoms with E-state index in [0.717, 1.165) is 79.8 Å². The highest BCUT2D eigenvalue weighted by atomic mass is 16.5. The molecule has 0 radical (unpaired) electrons. The predicted molar refractivity (Wildman–Crippen MR) is 197 cm³/mol. The van der Waals surface area contributed by atoms with Crippen molar-refractivity contribution in [2.75, 3.05) is 13.7 Å². The number of fused-ring (bicyclic) bond motifs is 7. The molecule has 3 aromatic heterocycles. The Morgan fingerprint density at radius 1 is 0.960 bits per heavy atom. The Balaban J connectivity index is 1.59. The van der Waals surface area contributed by atoms with E-state index < -0.39 is 11.9 Å². The summed E-state index contributed by atoms with van der Waals surface area (Å²) < 4.78 is 10.8. The van der Waals surface area contributed by atoms with Crippen molar-refractivity contribution in [2.24, 2.45) is 17.8 Å². The van der Waals surface area contributed by atoms with Gasteiger partial charge in [-0.2, -0.15) is 0 Å². The molecule has 3 aromatic rings. The first-order valence-electron chi connectivity index (χ1n) is 17.6. The van der Waals surface area contributed by atoms with Gasteiger partial charge in [-0.15, -0.1) is 0 Å². The van der Waals surface area contributed by atoms with Gasteiger partial charge >= 0.3 is 11.9 Å². The van der Waals surface area contributed by atoms with Crippen LogP contribution in [0.2, 0.25) is 0 Å². The lowest BCUT2D eigenvalue weighted by Crippen LogP contribution is -2.25. The van der Waals surface area contributed by atoms with Crippen molar-refractivity contribution >= 4 is 47.6 Å². The molecule has 0 saturated carbocycles. The molecular formula is C41H48N4O5. The Bertz CT molecular complexity index is 2150. The molecule has 6 rings (SSSR count). The highest BCUT2D eigenvalue weighted by Gasteiger charge is 2.48. The lowest BCUT2D eigenvalue weighted by molar-refractivity contribution is -0.143. The molecule has 0 unspecified atom stereocenters. The Labute approximate surface area is 293 Å². The zero-order valence-corrected chi connectivity index (χ0v) is 30.4. The molecule has 50 heavy (non-hydrogen) atoms. The maximum Gasteiger partial charge on any atom is 0.321 e. The Morgan fingerprint density at radius 3 is 2.36 bits per heavy atom. The quantitative estimate of drug-likeness (QED) is 0.124. The van der Waals surface area contributed by atoms with Gasteiger partial charge < -0.3 is 29.7 Å². The summed E-state index contributed by atoms with van der Waals surface area (Å²) in [6.07, 6.45) is 12.5. The van der Waals surface area contributed by atoms with E-state index in [2.05, 4.69) is 79.7 Å². The maximum absolute atomic E-state index is 14.2. The zero-order valence-electron chi connectivity index (χ0n) is 30.4. The highest BCUT2D eigenvalue weighted by Crippen LogP contribution is 2.48. The number of ether oxygens (including phenoxy) is 2. The maximum atomic E-state index is 14.2. The molecule has 3 atom stereocenters. The number of aromatic nitrogens is 3. The molecule has 9 nitrogen and oxygen atoms in total. The van der Waals surface area contributed by atoms with Crippen LogP contribution in [0, 0.1) is 38.5 Å². The van der Waals surface area contributed by atoms with Crippen LogP contribution in [0.15, 0.2) is 29.6 Å². The van der Waals surface area contributed by atoms with Gasteiger partial charge in [-0.05, 0) is 93.5 Å². The smallest absolute Gasteiger partial charge is 0.321 e. The molecule has 0 aromatic carbocycles. The lowest BCUT2D eigenvalue weighted by Gasteiger charge is -2.19. The molecular weight excluding hydrogens is 628 g/mol. The molecule has 4 N–H and O–H groups in total. The molecule has 2 aliphatic heterocycles. The first-order valence-corrected chi connectivity index (χ1v) is 17.6. The molecule has 3 aliphatic rings. The molecule has 8 bridgehead atoms. The molecule has 262 valence electrons. The average molecular weight is 677 g/mol. The SMILES string of the molecule is C=Cc1c2[nH]c(c1C)/C=C1\N/C(=C3\c4[nH]c(c(C)c4C(=O)[C@@H]3C(=O)OC)/C=c3\[nH]/c(c(C)c3CC)=C\2)[C@@H](CCC(=O)OC/C=C(\C)CC)[C@@H]1C. The number of esters is 2. The molecule has 1 aliphatic carbocycles. The average Bonchev–Trinajstić information content (AvgIpc) is 3.84. The van der Waals surface area contributed by atoms with Gasteiger partial charge in [0.2, 0.25) is 0 Å². The van der Waals surface area contributed by atoms with Crippen LogP contribution in [-0.4, -0.2) is 46.4 Å². The van der Waals surface area contributed by atoms with Gasteiger partial charge in [-0.25, -0.2) is 0 Å². The number of rotatable bonds is 9. The number of nitrogens with one attached hydrogen (secondary N) is 4. The van der Waals surface area contributed by atoms with E-state index in [9.17, 15) is 14.4 Å². The van der Waals surface area contributed by atoms with Crippen molar-refractivity contribution in [2.45, 2.75) is 74.1 Å². The van der Waals surface area contributed by atoms with Crippen LogP contribution in [0.5, 0.6) is 0 Å². The third-order valence-electron chi connectivity index (χ3n) is 11.0. The first kappa shape index (κ1) is 34.8. The van der Waals surface area contributed by atoms with Crippen LogP contribution in [0.4, 0.5) is 0 Å². The molecule has 5 heterocycles. The Hall–Kier alpha value is -5.05. The van der Waals surface area contributed by atoms with E-state index in [-0.39, 0.29) is 36.6 Å². The number of ketones is 1. The van der Waals surface area contributed by atoms with Crippen molar-refractivity contribution in [3.8, 4) is 0 Å². The van der Waals surface area contributed by atoms with E-state index in [0.29, 0.717) is 23.3 Å². The predicted octanol–water partition coefficient (Wildman–Crippen LogP) is 6.05. The van der Waals surface area contributed by atoms with E-state index in [4.69, 9.17) is 9.47 Å². The largest absolute Gasteiger partial charge is 0.468 e. The van der Waals surface area contributed by atoms with Gasteiger partial charge in [0, 0.05) is 74.1 Å². The topological polar surface area (TPSA) is 129 Å². The number of hydrogen-bond donors (Lipinski definition) is 4. The number of carbonyl (C=O) groups excluding carboxylic acids is 3. The van der Waals surface area contributed by atoms with E-state index >= 15 is 0 Å². The molecule has 9 heteroatoms. The van der Waals surface area contributed by atoms with Crippen molar-refractivity contribution in [1.29, 1.82) is 0 Å². The molecule has 1 saturated heterocycles. The number of hydrogen-bond acceptors (Lipinski definition) is 6. The Kier molecular flexibility index (Phi) is 9.53. The normalized spacial score (nSPS) is 23.4. The summed E-state index contributed by atoms with van der Waals surface area (Å²) in [6, 6.07) is 0. The second-order valence-corrected chi connectivity index (χ2v) is 13.7. The number of Topliss-reactive ketones (excluding diaryl/α,β-unsaturated/α-hetero) is 1. The highest BCUT2D eigenvalue weighted by molar-refractivity contribution is 6.24. The number of carbonyl (C=O) groups is 3. The van der Waals surface area contributed by atoms with Crippen LogP contribution in [0.25, 0.3) is 29.9 Å². The van der Waals surface area contributed by atoms with Gasteiger partial charge in [-0.1, -0.05) is 39.0 Å². The fourth-order valence-corrected chi connectivity index (χ4v) is 7.77. The van der Waals surface area contributed by atoms with Gasteiger partial charge in [0.1, 0.15) is 12.5 Å². The monoisotopic (exact) mass is 676 g/mol. The van der Waals surface area contributed by atoms with Crippen LogP contribution in [0.3, 0.4) is 0 Å². The van der Waals surface area contributed by atoms with Gasteiger partial charge in [0.25, 0.3) is 0 Å². The Morgan fingerprint density at radius 2 is 1.68 bits per heavy atom. The summed E-state index contributed by atoms with van der Waals surface area (Å²) in [6.45, 7) is 18.8. The third-order valence-corrected chi connectivity index (χ3v) is 11.0. The van der Waals surface area contributed by atoms with Crippen LogP contribution < -0.4 is 16.0 Å². The van der Waals surface area contributed by atoms with Gasteiger partial charge in [-0.3, -0.25) is 14.4 Å². The van der Waals surface area contributed by atoms with Crippen molar-refractivity contribution in [1.82, 2.24) is 20.3 Å². The van der Waals surface area contributed by atoms with E-state index in [1.807, 2.05) is 26.0 Å². The number of aromatic amines is 3. The molecule has 1 fully saturated rings. The van der Waals surface area contributed by atoms with Crippen molar-refractivity contribution in [3.63, 3.8) is 0 Å². The standard InChI is InChI=1S/C41H48N4O5/c1-10-20(4)15-16-50-34(46)14-13-27-23(7)30-17-28-21(5)25(11-2)32(42-28)18-29-22(6)26(12-3)33(43-29)19-31-24(8)35-39(45-31)36(38(27)44-30)37(40(35)47)41(48)49-9/h11,15,17-19,23,27,37,42-45H,2,10,12-14,16H2,1,3-9H3/b20-15+,29-18-,30-17-,33-19-,38-36-/t23-,27-,37+/m0/s1. The van der Waals surface area contributed by atoms with Crippen LogP contribution in [0.1, 0.15) is 108 Å². The number of allylic oxidation sites excluding steroid dienone is 3. The van der Waals surface area contributed by atoms with E-state index in [1.54, 1.807) is 0 Å². The van der Waals surface area contributed by atoms with E-state index in [1.165, 1.54) is 12.7 Å². The first-order chi connectivity index (χ1) is 23.9. The van der Waals surface area contributed by atoms with Crippen LogP contribution in [-0.2, 0) is 25.5 Å². The second kappa shape index (κ2) is 13.7. The minimum Gasteiger partial charge on any atom is -0.468 e.